The Morgan fingerprint density at radius 3 is 2.44 bits per heavy atom. The molecule has 0 aliphatic rings. The van der Waals surface area contributed by atoms with E-state index in [1.807, 2.05) is 0 Å². The van der Waals surface area contributed by atoms with Crippen molar-refractivity contribution in [2.75, 3.05) is 13.2 Å². The normalized spacial score (nSPS) is 13.3. The Balaban J connectivity index is 2.97. The average molecular weight is 254 g/mol. The minimum absolute atomic E-state index is 0.0238. The average Bonchev–Trinajstić information content (AvgIpc) is 2.38. The van der Waals surface area contributed by atoms with E-state index < -0.39 is 10.5 Å². The summed E-state index contributed by atoms with van der Waals surface area (Å²) < 4.78 is 0. The lowest BCUT2D eigenvalue weighted by Crippen LogP contribution is -2.49. The molecule has 0 aliphatic heterocycles. The number of hydrogen-bond donors (Lipinski definition) is 3. The highest BCUT2D eigenvalue weighted by Gasteiger charge is 2.27. The number of rotatable bonds is 6. The van der Waals surface area contributed by atoms with E-state index in [4.69, 9.17) is 0 Å². The Morgan fingerprint density at radius 1 is 1.39 bits per heavy atom. The molecule has 0 aliphatic carbocycles. The van der Waals surface area contributed by atoms with Gasteiger partial charge < -0.3 is 15.5 Å². The van der Waals surface area contributed by atoms with Crippen molar-refractivity contribution in [2.24, 2.45) is 0 Å². The van der Waals surface area contributed by atoms with Crippen LogP contribution in [0.5, 0.6) is 0 Å². The number of nitro benzene ring substituents is 1. The Bertz CT molecular complexity index is 418. The van der Waals surface area contributed by atoms with Crippen molar-refractivity contribution in [3.05, 3.63) is 39.9 Å². The molecule has 0 aromatic heterocycles. The van der Waals surface area contributed by atoms with E-state index in [0.717, 1.165) is 0 Å². The second kappa shape index (κ2) is 5.90. The standard InChI is InChI=1S/C12H18N2O4/c1-9(13-12(2,7-15)8-16)10-5-3-4-6-11(10)14(17)18/h3-6,9,13,15-16H,7-8H2,1-2H3. The van der Waals surface area contributed by atoms with Crippen molar-refractivity contribution >= 4 is 5.69 Å². The summed E-state index contributed by atoms with van der Waals surface area (Å²) >= 11 is 0. The summed E-state index contributed by atoms with van der Waals surface area (Å²) in [6, 6.07) is 6.06. The number of para-hydroxylation sites is 1. The molecule has 100 valence electrons. The van der Waals surface area contributed by atoms with Crippen LogP contribution in [0.3, 0.4) is 0 Å². The molecular formula is C12H18N2O4. The summed E-state index contributed by atoms with van der Waals surface area (Å²) in [6.07, 6.45) is 0. The first kappa shape index (κ1) is 14.6. The lowest BCUT2D eigenvalue weighted by molar-refractivity contribution is -0.385. The highest BCUT2D eigenvalue weighted by Crippen LogP contribution is 2.25. The van der Waals surface area contributed by atoms with Crippen LogP contribution in [0.4, 0.5) is 5.69 Å². The van der Waals surface area contributed by atoms with Crippen LogP contribution in [0.15, 0.2) is 24.3 Å². The SMILES string of the molecule is CC(NC(C)(CO)CO)c1ccccc1[N+](=O)[O-]. The predicted molar refractivity (Wildman–Crippen MR) is 67.2 cm³/mol. The van der Waals surface area contributed by atoms with Crippen molar-refractivity contribution in [2.45, 2.75) is 25.4 Å². The number of nitrogens with one attached hydrogen (secondary N) is 1. The van der Waals surface area contributed by atoms with Gasteiger partial charge in [-0.1, -0.05) is 18.2 Å². The third kappa shape index (κ3) is 3.25. The van der Waals surface area contributed by atoms with Gasteiger partial charge in [0.15, 0.2) is 0 Å². The fraction of sp³-hybridized carbons (Fsp3) is 0.500. The third-order valence-electron chi connectivity index (χ3n) is 2.86. The van der Waals surface area contributed by atoms with E-state index in [1.165, 1.54) is 6.07 Å². The van der Waals surface area contributed by atoms with Crippen molar-refractivity contribution in [1.82, 2.24) is 5.32 Å². The molecule has 0 saturated carbocycles. The third-order valence-corrected chi connectivity index (χ3v) is 2.86. The fourth-order valence-electron chi connectivity index (χ4n) is 1.76. The largest absolute Gasteiger partial charge is 0.394 e. The highest BCUT2D eigenvalue weighted by atomic mass is 16.6. The summed E-state index contributed by atoms with van der Waals surface area (Å²) in [7, 11) is 0. The second-order valence-corrected chi connectivity index (χ2v) is 4.56. The van der Waals surface area contributed by atoms with Crippen LogP contribution in [0, 0.1) is 10.1 Å². The molecule has 1 aromatic carbocycles. The van der Waals surface area contributed by atoms with E-state index in [1.54, 1.807) is 32.0 Å². The van der Waals surface area contributed by atoms with E-state index in [0.29, 0.717) is 5.56 Å². The molecule has 1 aromatic rings. The van der Waals surface area contributed by atoms with Crippen LogP contribution in [0.1, 0.15) is 25.5 Å². The number of benzene rings is 1. The minimum Gasteiger partial charge on any atom is -0.394 e. The maximum absolute atomic E-state index is 10.9. The fourth-order valence-corrected chi connectivity index (χ4v) is 1.76. The molecule has 3 N–H and O–H groups in total. The van der Waals surface area contributed by atoms with Crippen LogP contribution >= 0.6 is 0 Å². The minimum atomic E-state index is -0.872. The van der Waals surface area contributed by atoms with Gasteiger partial charge in [0.05, 0.1) is 23.7 Å². The van der Waals surface area contributed by atoms with Gasteiger partial charge in [0, 0.05) is 17.7 Å². The Morgan fingerprint density at radius 2 is 1.94 bits per heavy atom. The Labute approximate surface area is 105 Å². The Hall–Kier alpha value is -1.50. The van der Waals surface area contributed by atoms with Crippen molar-refractivity contribution < 1.29 is 15.1 Å². The van der Waals surface area contributed by atoms with Gasteiger partial charge in [0.25, 0.3) is 5.69 Å². The van der Waals surface area contributed by atoms with E-state index >= 15 is 0 Å². The zero-order valence-electron chi connectivity index (χ0n) is 10.5. The lowest BCUT2D eigenvalue weighted by atomic mass is 9.99. The molecule has 6 heteroatoms. The molecule has 0 fully saturated rings. The maximum Gasteiger partial charge on any atom is 0.274 e. The summed E-state index contributed by atoms with van der Waals surface area (Å²) in [6.45, 7) is 2.90. The second-order valence-electron chi connectivity index (χ2n) is 4.56. The molecule has 0 bridgehead atoms. The number of nitrogens with zero attached hydrogens (tertiary/aromatic N) is 1. The molecule has 1 rings (SSSR count). The quantitative estimate of drug-likeness (QED) is 0.519. The van der Waals surface area contributed by atoms with Crippen LogP contribution in [-0.2, 0) is 0 Å². The van der Waals surface area contributed by atoms with Gasteiger partial charge in [-0.25, -0.2) is 0 Å². The predicted octanol–water partition coefficient (Wildman–Crippen LogP) is 0.989. The first-order valence-corrected chi connectivity index (χ1v) is 5.66. The van der Waals surface area contributed by atoms with Gasteiger partial charge in [0.1, 0.15) is 0 Å². The van der Waals surface area contributed by atoms with Gasteiger partial charge >= 0.3 is 0 Å². The summed E-state index contributed by atoms with van der Waals surface area (Å²) in [5.41, 5.74) is -0.324. The summed E-state index contributed by atoms with van der Waals surface area (Å²) in [5, 5.41) is 32.3. The van der Waals surface area contributed by atoms with Crippen LogP contribution in [-0.4, -0.2) is 33.9 Å². The summed E-state index contributed by atoms with van der Waals surface area (Å²) in [5.74, 6) is 0. The molecule has 0 heterocycles. The summed E-state index contributed by atoms with van der Waals surface area (Å²) in [4.78, 5) is 10.5. The monoisotopic (exact) mass is 254 g/mol. The van der Waals surface area contributed by atoms with Gasteiger partial charge in [-0.05, 0) is 13.8 Å². The van der Waals surface area contributed by atoms with Gasteiger partial charge in [0.2, 0.25) is 0 Å². The van der Waals surface area contributed by atoms with Crippen molar-refractivity contribution in [3.8, 4) is 0 Å². The van der Waals surface area contributed by atoms with Crippen molar-refractivity contribution in [3.63, 3.8) is 0 Å². The molecule has 0 radical (unpaired) electrons. The number of aliphatic hydroxyl groups excluding tert-OH is 2. The van der Waals surface area contributed by atoms with Gasteiger partial charge in [-0.15, -0.1) is 0 Å². The molecule has 6 nitrogen and oxygen atoms in total. The topological polar surface area (TPSA) is 95.6 Å². The molecule has 0 amide bonds. The van der Waals surface area contributed by atoms with Crippen LogP contribution < -0.4 is 5.32 Å². The Kier molecular flexibility index (Phi) is 4.77. The van der Waals surface area contributed by atoms with Crippen LogP contribution in [0.25, 0.3) is 0 Å². The molecule has 1 atom stereocenters. The number of aliphatic hydroxyl groups is 2. The number of hydrogen-bond acceptors (Lipinski definition) is 5. The maximum atomic E-state index is 10.9. The molecule has 18 heavy (non-hydrogen) atoms. The lowest BCUT2D eigenvalue weighted by Gasteiger charge is -2.30. The van der Waals surface area contributed by atoms with E-state index in [2.05, 4.69) is 5.32 Å². The molecule has 0 saturated heterocycles. The first-order chi connectivity index (χ1) is 8.43. The molecule has 1 unspecified atom stereocenters. The number of nitro groups is 1. The molecular weight excluding hydrogens is 236 g/mol. The zero-order valence-corrected chi connectivity index (χ0v) is 10.5. The highest BCUT2D eigenvalue weighted by molar-refractivity contribution is 5.41. The van der Waals surface area contributed by atoms with Gasteiger partial charge in [-0.2, -0.15) is 0 Å². The zero-order chi connectivity index (χ0) is 13.8. The molecule has 0 spiro atoms. The van der Waals surface area contributed by atoms with E-state index in [-0.39, 0.29) is 24.9 Å². The van der Waals surface area contributed by atoms with Gasteiger partial charge in [-0.3, -0.25) is 10.1 Å². The van der Waals surface area contributed by atoms with Crippen molar-refractivity contribution in [1.29, 1.82) is 0 Å². The first-order valence-electron chi connectivity index (χ1n) is 5.66. The smallest absolute Gasteiger partial charge is 0.274 e. The van der Waals surface area contributed by atoms with E-state index in [9.17, 15) is 20.3 Å². The van der Waals surface area contributed by atoms with Crippen LogP contribution in [0.2, 0.25) is 0 Å².